The molecular formula is C23H23Cl2FN2O5. The molecule has 0 saturated carbocycles. The largest absolute Gasteiger partial charge is 0.484 e. The fourth-order valence-corrected chi connectivity index (χ4v) is 4.25. The molecule has 176 valence electrons. The molecule has 2 aliphatic rings. The molecule has 0 radical (unpaired) electrons. The summed E-state index contributed by atoms with van der Waals surface area (Å²) >= 11 is 11.6. The van der Waals surface area contributed by atoms with Crippen LogP contribution in [0.5, 0.6) is 11.5 Å². The number of nitrogens with one attached hydrogen (secondary N) is 1. The van der Waals surface area contributed by atoms with Crippen LogP contribution in [0.4, 0.5) is 4.39 Å². The minimum absolute atomic E-state index is 0.0143. The Morgan fingerprint density at radius 1 is 1.18 bits per heavy atom. The van der Waals surface area contributed by atoms with E-state index in [9.17, 15) is 19.1 Å². The van der Waals surface area contributed by atoms with E-state index < -0.39 is 18.0 Å². The molecule has 4 rings (SSSR count). The van der Waals surface area contributed by atoms with Gasteiger partial charge in [0.1, 0.15) is 17.3 Å². The highest BCUT2D eigenvalue weighted by Gasteiger charge is 2.33. The molecule has 0 unspecified atom stereocenters. The van der Waals surface area contributed by atoms with E-state index in [1.165, 1.54) is 12.1 Å². The molecular weight excluding hydrogens is 474 g/mol. The van der Waals surface area contributed by atoms with Crippen LogP contribution in [0.3, 0.4) is 0 Å². The van der Waals surface area contributed by atoms with Gasteiger partial charge < -0.3 is 24.8 Å². The number of carbonyl (C=O) groups is 2. The van der Waals surface area contributed by atoms with Crippen molar-refractivity contribution in [2.24, 2.45) is 0 Å². The number of nitrogens with zero attached hydrogens (tertiary/aromatic N) is 1. The van der Waals surface area contributed by atoms with Crippen LogP contribution in [0.25, 0.3) is 0 Å². The highest BCUT2D eigenvalue weighted by Crippen LogP contribution is 2.36. The Labute approximate surface area is 200 Å². The van der Waals surface area contributed by atoms with Gasteiger partial charge in [0.15, 0.2) is 12.7 Å². The van der Waals surface area contributed by atoms with Crippen molar-refractivity contribution in [3.63, 3.8) is 0 Å². The maximum Gasteiger partial charge on any atom is 0.261 e. The van der Waals surface area contributed by atoms with Crippen molar-refractivity contribution in [3.8, 4) is 11.5 Å². The summed E-state index contributed by atoms with van der Waals surface area (Å²) in [6.45, 7) is 0.699. The first-order chi connectivity index (χ1) is 15.8. The summed E-state index contributed by atoms with van der Waals surface area (Å²) in [5, 5.41) is 13.8. The summed E-state index contributed by atoms with van der Waals surface area (Å²) in [7, 11) is 0. The van der Waals surface area contributed by atoms with Crippen LogP contribution in [0.2, 0.25) is 10.0 Å². The number of fused-ring (bicyclic) bond motifs is 1. The Morgan fingerprint density at radius 2 is 1.94 bits per heavy atom. The van der Waals surface area contributed by atoms with Gasteiger partial charge in [-0.2, -0.15) is 0 Å². The maximum atomic E-state index is 13.5. The molecule has 0 aromatic heterocycles. The third kappa shape index (κ3) is 5.69. The monoisotopic (exact) mass is 496 g/mol. The molecule has 2 aromatic rings. The number of aliphatic hydroxyl groups excluding tert-OH is 1. The third-order valence-corrected chi connectivity index (χ3v) is 6.32. The molecule has 2 amide bonds. The van der Waals surface area contributed by atoms with Crippen molar-refractivity contribution in [2.75, 3.05) is 19.7 Å². The molecule has 2 heterocycles. The second-order valence-corrected chi connectivity index (χ2v) is 8.91. The number of halogens is 3. The standard InChI is InChI=1S/C23H23Cl2FN2O5/c24-13-1-4-20-16(9-13)19(29)11-21(33-20)23(31)27-14-5-7-28(8-6-14)22(30)12-32-15-2-3-17(25)18(26)10-15/h1-4,9-10,14,19,21,29H,5-8,11-12H2,(H,27,31)/t19-,21-/m1/s1. The van der Waals surface area contributed by atoms with Crippen molar-refractivity contribution in [1.29, 1.82) is 0 Å². The first-order valence-electron chi connectivity index (χ1n) is 10.6. The highest BCUT2D eigenvalue weighted by molar-refractivity contribution is 6.31. The molecule has 10 heteroatoms. The highest BCUT2D eigenvalue weighted by atomic mass is 35.5. The Kier molecular flexibility index (Phi) is 7.26. The first-order valence-corrected chi connectivity index (χ1v) is 11.4. The van der Waals surface area contributed by atoms with E-state index in [0.29, 0.717) is 42.3 Å². The smallest absolute Gasteiger partial charge is 0.261 e. The molecule has 2 N–H and O–H groups in total. The van der Waals surface area contributed by atoms with Crippen LogP contribution >= 0.6 is 23.2 Å². The SMILES string of the molecule is O=C(NC1CCN(C(=O)COc2ccc(Cl)c(F)c2)CC1)[C@H]1C[C@@H](O)c2cc(Cl)ccc2O1. The lowest BCUT2D eigenvalue weighted by Gasteiger charge is -2.34. The number of piperidine rings is 1. The summed E-state index contributed by atoms with van der Waals surface area (Å²) in [6, 6.07) is 8.81. The lowest BCUT2D eigenvalue weighted by atomic mass is 9.98. The molecule has 1 fully saturated rings. The minimum atomic E-state index is -0.836. The third-order valence-electron chi connectivity index (χ3n) is 5.78. The van der Waals surface area contributed by atoms with Gasteiger partial charge in [-0.15, -0.1) is 0 Å². The molecule has 0 spiro atoms. The zero-order valence-corrected chi connectivity index (χ0v) is 19.1. The molecule has 33 heavy (non-hydrogen) atoms. The van der Waals surface area contributed by atoms with Gasteiger partial charge >= 0.3 is 0 Å². The Balaban J connectivity index is 1.23. The first kappa shape index (κ1) is 23.6. The number of ether oxygens (including phenoxy) is 2. The summed E-state index contributed by atoms with van der Waals surface area (Å²) in [5.41, 5.74) is 0.571. The lowest BCUT2D eigenvalue weighted by molar-refractivity contribution is -0.135. The molecule has 2 aromatic carbocycles. The molecule has 0 aliphatic carbocycles. The van der Waals surface area contributed by atoms with Crippen LogP contribution in [-0.2, 0) is 9.59 Å². The Hall–Kier alpha value is -2.55. The molecule has 1 saturated heterocycles. The van der Waals surface area contributed by atoms with Crippen LogP contribution in [0.1, 0.15) is 30.9 Å². The zero-order valence-electron chi connectivity index (χ0n) is 17.6. The van der Waals surface area contributed by atoms with Gasteiger partial charge in [-0.3, -0.25) is 9.59 Å². The predicted molar refractivity (Wildman–Crippen MR) is 120 cm³/mol. The van der Waals surface area contributed by atoms with Gasteiger partial charge in [0, 0.05) is 42.2 Å². The molecule has 2 aliphatic heterocycles. The van der Waals surface area contributed by atoms with E-state index in [1.807, 2.05) is 0 Å². The number of hydrogen-bond donors (Lipinski definition) is 2. The number of aliphatic hydroxyl groups is 1. The van der Waals surface area contributed by atoms with Crippen molar-refractivity contribution >= 4 is 35.0 Å². The maximum absolute atomic E-state index is 13.5. The van der Waals surface area contributed by atoms with Crippen LogP contribution in [0.15, 0.2) is 36.4 Å². The average molecular weight is 497 g/mol. The fraction of sp³-hybridized carbons (Fsp3) is 0.391. The zero-order chi connectivity index (χ0) is 23.5. The second-order valence-electron chi connectivity index (χ2n) is 8.07. The fourth-order valence-electron chi connectivity index (χ4n) is 3.95. The Morgan fingerprint density at radius 3 is 2.67 bits per heavy atom. The van der Waals surface area contributed by atoms with Crippen LogP contribution in [0, 0.1) is 5.82 Å². The summed E-state index contributed by atoms with van der Waals surface area (Å²) in [4.78, 5) is 26.8. The Bertz CT molecular complexity index is 1050. The van der Waals surface area contributed by atoms with Gasteiger partial charge in [0.25, 0.3) is 11.8 Å². The summed E-state index contributed by atoms with van der Waals surface area (Å²) < 4.78 is 24.6. The van der Waals surface area contributed by atoms with Gasteiger partial charge in [-0.1, -0.05) is 23.2 Å². The molecule has 2 atom stereocenters. The van der Waals surface area contributed by atoms with Gasteiger partial charge in [-0.25, -0.2) is 4.39 Å². The van der Waals surface area contributed by atoms with Crippen molar-refractivity contribution in [1.82, 2.24) is 10.2 Å². The van der Waals surface area contributed by atoms with E-state index in [0.717, 1.165) is 6.07 Å². The normalized spacial score (nSPS) is 20.5. The number of likely N-dealkylation sites (tertiary alicyclic amines) is 1. The summed E-state index contributed by atoms with van der Waals surface area (Å²) in [6.07, 6.45) is -0.347. The lowest BCUT2D eigenvalue weighted by Crippen LogP contribution is -2.51. The topological polar surface area (TPSA) is 88.1 Å². The van der Waals surface area contributed by atoms with E-state index in [1.54, 1.807) is 23.1 Å². The van der Waals surface area contributed by atoms with Crippen LogP contribution < -0.4 is 14.8 Å². The predicted octanol–water partition coefficient (Wildman–Crippen LogP) is 3.50. The minimum Gasteiger partial charge on any atom is -0.484 e. The van der Waals surface area contributed by atoms with Gasteiger partial charge in [-0.05, 0) is 43.2 Å². The number of hydrogen-bond acceptors (Lipinski definition) is 5. The van der Waals surface area contributed by atoms with Crippen molar-refractivity contribution < 1.29 is 28.6 Å². The van der Waals surface area contributed by atoms with Crippen molar-refractivity contribution in [3.05, 3.63) is 57.8 Å². The van der Waals surface area contributed by atoms with Crippen molar-refractivity contribution in [2.45, 2.75) is 37.5 Å². The van der Waals surface area contributed by atoms with Gasteiger partial charge in [0.05, 0.1) is 11.1 Å². The van der Waals surface area contributed by atoms with Crippen LogP contribution in [-0.4, -0.2) is 53.7 Å². The van der Waals surface area contributed by atoms with E-state index in [2.05, 4.69) is 5.32 Å². The average Bonchev–Trinajstić information content (AvgIpc) is 2.80. The number of amides is 2. The number of benzene rings is 2. The van der Waals surface area contributed by atoms with Gasteiger partial charge in [0.2, 0.25) is 0 Å². The molecule has 0 bridgehead atoms. The summed E-state index contributed by atoms with van der Waals surface area (Å²) in [5.74, 6) is -0.457. The van der Waals surface area contributed by atoms with E-state index in [-0.39, 0.29) is 41.7 Å². The number of rotatable bonds is 5. The molecule has 7 nitrogen and oxygen atoms in total. The van der Waals surface area contributed by atoms with E-state index in [4.69, 9.17) is 32.7 Å². The van der Waals surface area contributed by atoms with E-state index >= 15 is 0 Å². The number of carbonyl (C=O) groups excluding carboxylic acids is 2. The second kappa shape index (κ2) is 10.2. The quantitative estimate of drug-likeness (QED) is 0.661.